The monoisotopic (exact) mass is 530 g/mol. The Hall–Kier alpha value is 0.716. The summed E-state index contributed by atoms with van der Waals surface area (Å²) in [6.07, 6.45) is 17.0. The third kappa shape index (κ3) is 9.39. The first-order valence-electron chi connectivity index (χ1n) is 13.0. The molecule has 0 N–H and O–H groups in total. The number of hydrogen-bond donors (Lipinski definition) is 0. The molecule has 0 bridgehead atoms. The Labute approximate surface area is 189 Å². The summed E-state index contributed by atoms with van der Waals surface area (Å²) in [6, 6.07) is 0. The Kier molecular flexibility index (Phi) is 12.7. The molecule has 0 spiro atoms. The van der Waals surface area contributed by atoms with E-state index < -0.39 is 26.7 Å². The molecule has 1 nitrogen and oxygen atoms in total. The Morgan fingerprint density at radius 1 is 0.897 bits per heavy atom. The van der Waals surface area contributed by atoms with Crippen LogP contribution in [0.15, 0.2) is 10.2 Å². The molecule has 0 amide bonds. The van der Waals surface area contributed by atoms with Crippen molar-refractivity contribution in [3.8, 4) is 0 Å². The fourth-order valence-electron chi connectivity index (χ4n) is 4.61. The van der Waals surface area contributed by atoms with Gasteiger partial charge in [-0.05, 0) is 0 Å². The van der Waals surface area contributed by atoms with Crippen LogP contribution in [0.25, 0.3) is 0 Å². The van der Waals surface area contributed by atoms with Crippen molar-refractivity contribution in [1.29, 1.82) is 0 Å². The molecule has 1 aliphatic rings. The van der Waals surface area contributed by atoms with E-state index in [0.717, 1.165) is 5.92 Å². The summed E-state index contributed by atoms with van der Waals surface area (Å²) in [6.45, 7) is 19.2. The maximum absolute atomic E-state index is 7.08. The van der Waals surface area contributed by atoms with Gasteiger partial charge < -0.3 is 0 Å². The molecule has 0 unspecified atom stereocenters. The summed E-state index contributed by atoms with van der Waals surface area (Å²) in [5.74, 6) is 0.771. The molecular weight excluding hydrogens is 475 g/mol. The minimum atomic E-state index is -2.23. The van der Waals surface area contributed by atoms with Crippen LogP contribution in [-0.2, 0) is 4.43 Å². The number of hydrogen-bond acceptors (Lipinski definition) is 1. The van der Waals surface area contributed by atoms with Gasteiger partial charge in [-0.1, -0.05) is 0 Å². The first-order valence-corrected chi connectivity index (χ1v) is 23.6. The standard InChI is InChI=1S/C14H27OSi.3C4H9.Sn/c1-7-13(12-10-8-9-11-12)15-16(5,6)14(2,3)4;3*1-3-4-2;/h1,7,12-13H,8-11H2,2-6H3;3*1,3-4H2,2H3;/t13-;;;;/m1..../s1. The van der Waals surface area contributed by atoms with Gasteiger partial charge in [-0.15, -0.1) is 0 Å². The molecule has 172 valence electrons. The maximum atomic E-state index is 7.08. The number of rotatable bonds is 14. The topological polar surface area (TPSA) is 9.23 Å². The van der Waals surface area contributed by atoms with Crippen LogP contribution in [0.1, 0.15) is 106 Å². The van der Waals surface area contributed by atoms with Crippen molar-refractivity contribution in [3.05, 3.63) is 10.2 Å². The van der Waals surface area contributed by atoms with Gasteiger partial charge in [0.1, 0.15) is 0 Å². The van der Waals surface area contributed by atoms with Crippen LogP contribution < -0.4 is 0 Å². The molecule has 0 aliphatic heterocycles. The molecule has 1 aliphatic carbocycles. The zero-order chi connectivity index (χ0) is 22.0. The minimum absolute atomic E-state index is 0.296. The molecular formula is C26H54OSiSn. The molecule has 1 saturated carbocycles. The molecule has 0 radical (unpaired) electrons. The zero-order valence-electron chi connectivity index (χ0n) is 21.4. The van der Waals surface area contributed by atoms with E-state index in [-0.39, 0.29) is 0 Å². The van der Waals surface area contributed by atoms with E-state index in [1.165, 1.54) is 64.2 Å². The molecule has 0 saturated heterocycles. The SMILES string of the molecule is CCC[CH2][Sn](/[CH]=C/[C@@H](O[Si](C)(C)C(C)(C)C)C1CCCC1)([CH2]CCC)[CH2]CCC. The van der Waals surface area contributed by atoms with E-state index in [9.17, 15) is 0 Å². The van der Waals surface area contributed by atoms with Gasteiger partial charge in [-0.2, -0.15) is 0 Å². The summed E-state index contributed by atoms with van der Waals surface area (Å²) in [7, 11) is -1.74. The van der Waals surface area contributed by atoms with Crippen molar-refractivity contribution >= 4 is 26.7 Å². The van der Waals surface area contributed by atoms with Gasteiger partial charge in [0.05, 0.1) is 0 Å². The first-order chi connectivity index (χ1) is 13.6. The van der Waals surface area contributed by atoms with Crippen LogP contribution in [-0.4, -0.2) is 32.8 Å². The first kappa shape index (κ1) is 27.7. The summed E-state index contributed by atoms with van der Waals surface area (Å²) in [4.78, 5) is 0. The quantitative estimate of drug-likeness (QED) is 0.204. The molecule has 1 fully saturated rings. The van der Waals surface area contributed by atoms with Crippen LogP contribution in [0.4, 0.5) is 0 Å². The van der Waals surface area contributed by atoms with E-state index in [1.807, 2.05) is 0 Å². The fourth-order valence-corrected chi connectivity index (χ4v) is 20.2. The van der Waals surface area contributed by atoms with Gasteiger partial charge in [-0.3, -0.25) is 0 Å². The Morgan fingerprint density at radius 2 is 1.34 bits per heavy atom. The van der Waals surface area contributed by atoms with E-state index in [2.05, 4.69) is 64.8 Å². The van der Waals surface area contributed by atoms with Gasteiger partial charge in [-0.25, -0.2) is 0 Å². The number of unbranched alkanes of at least 4 members (excludes halogenated alkanes) is 3. The third-order valence-corrected chi connectivity index (χ3v) is 26.4. The van der Waals surface area contributed by atoms with E-state index in [1.54, 1.807) is 13.3 Å². The average Bonchev–Trinajstić information content (AvgIpc) is 3.19. The Morgan fingerprint density at radius 3 is 1.72 bits per heavy atom. The van der Waals surface area contributed by atoms with Gasteiger partial charge in [0, 0.05) is 0 Å². The third-order valence-electron chi connectivity index (χ3n) is 7.83. The summed E-state index contributed by atoms with van der Waals surface area (Å²) >= 11 is -2.23. The van der Waals surface area contributed by atoms with Crippen molar-refractivity contribution in [1.82, 2.24) is 0 Å². The predicted octanol–water partition coefficient (Wildman–Crippen LogP) is 9.51. The van der Waals surface area contributed by atoms with Crippen LogP contribution in [0.2, 0.25) is 31.4 Å². The average molecular weight is 530 g/mol. The fraction of sp³-hybridized carbons (Fsp3) is 0.923. The van der Waals surface area contributed by atoms with E-state index in [4.69, 9.17) is 4.43 Å². The van der Waals surface area contributed by atoms with Gasteiger partial charge in [0.2, 0.25) is 0 Å². The van der Waals surface area contributed by atoms with Gasteiger partial charge >= 0.3 is 191 Å². The van der Waals surface area contributed by atoms with E-state index in [0.29, 0.717) is 11.1 Å². The second kappa shape index (κ2) is 13.3. The van der Waals surface area contributed by atoms with Crippen molar-refractivity contribution in [2.24, 2.45) is 5.92 Å². The normalized spacial score (nSPS) is 18.1. The molecule has 3 heteroatoms. The van der Waals surface area contributed by atoms with Gasteiger partial charge in [0.15, 0.2) is 0 Å². The zero-order valence-corrected chi connectivity index (χ0v) is 25.3. The Bertz CT molecular complexity index is 438. The van der Waals surface area contributed by atoms with E-state index >= 15 is 0 Å². The molecule has 0 heterocycles. The van der Waals surface area contributed by atoms with Crippen molar-refractivity contribution in [2.75, 3.05) is 0 Å². The van der Waals surface area contributed by atoms with Crippen LogP contribution >= 0.6 is 0 Å². The van der Waals surface area contributed by atoms with Crippen LogP contribution in [0.3, 0.4) is 0 Å². The predicted molar refractivity (Wildman–Crippen MR) is 138 cm³/mol. The van der Waals surface area contributed by atoms with Crippen molar-refractivity contribution in [3.63, 3.8) is 0 Å². The molecule has 1 atom stereocenters. The Balaban J connectivity index is 3.12. The van der Waals surface area contributed by atoms with Crippen LogP contribution in [0, 0.1) is 5.92 Å². The van der Waals surface area contributed by atoms with Gasteiger partial charge in [0.25, 0.3) is 0 Å². The molecule has 1 rings (SSSR count). The summed E-state index contributed by atoms with van der Waals surface area (Å²) < 4.78 is 14.7. The molecule has 0 aromatic heterocycles. The summed E-state index contributed by atoms with van der Waals surface area (Å²) in [5, 5.41) is 0.296. The molecule has 29 heavy (non-hydrogen) atoms. The summed E-state index contributed by atoms with van der Waals surface area (Å²) in [5.41, 5.74) is 0. The second-order valence-electron chi connectivity index (χ2n) is 11.4. The van der Waals surface area contributed by atoms with Crippen molar-refractivity contribution in [2.45, 2.75) is 143 Å². The van der Waals surface area contributed by atoms with Crippen LogP contribution in [0.5, 0.6) is 0 Å². The van der Waals surface area contributed by atoms with Crippen molar-refractivity contribution < 1.29 is 4.43 Å². The second-order valence-corrected chi connectivity index (χ2v) is 29.2. The molecule has 0 aromatic carbocycles. The molecule has 0 aromatic rings.